The smallest absolute Gasteiger partial charge is 0.166 e. The van der Waals surface area contributed by atoms with Crippen molar-refractivity contribution in [2.75, 3.05) is 0 Å². The fourth-order valence-corrected chi connectivity index (χ4v) is 2.13. The van der Waals surface area contributed by atoms with Gasteiger partial charge in [-0.25, -0.2) is 0 Å². The summed E-state index contributed by atoms with van der Waals surface area (Å²) >= 11 is 0. The lowest BCUT2D eigenvalue weighted by Crippen LogP contribution is -2.12. The van der Waals surface area contributed by atoms with Gasteiger partial charge < -0.3 is 0 Å². The summed E-state index contributed by atoms with van der Waals surface area (Å²) in [5.41, 5.74) is -3.09. The van der Waals surface area contributed by atoms with Crippen molar-refractivity contribution in [3.63, 3.8) is 0 Å². The predicted octanol–water partition coefficient (Wildman–Crippen LogP) is 5.79. The Labute approximate surface area is 122 Å². The molecule has 0 N–H and O–H groups in total. The predicted molar refractivity (Wildman–Crippen MR) is 71.0 cm³/mol. The third-order valence-electron chi connectivity index (χ3n) is 3.12. The molecule has 0 atom stereocenters. The summed E-state index contributed by atoms with van der Waals surface area (Å²) in [5, 5.41) is 0. The van der Waals surface area contributed by atoms with Crippen molar-refractivity contribution in [2.24, 2.45) is 0 Å². The van der Waals surface area contributed by atoms with E-state index in [0.29, 0.717) is 0 Å². The first-order valence-electron chi connectivity index (χ1n) is 6.14. The number of benzene rings is 2. The van der Waals surface area contributed by atoms with Gasteiger partial charge in [-0.15, -0.1) is 0 Å². The van der Waals surface area contributed by atoms with Gasteiger partial charge in [0.05, 0.1) is 11.1 Å². The van der Waals surface area contributed by atoms with E-state index in [4.69, 9.17) is 0 Å². The van der Waals surface area contributed by atoms with E-state index in [1.54, 1.807) is 0 Å². The molecule has 116 valence electrons. The summed E-state index contributed by atoms with van der Waals surface area (Å²) in [6.45, 7) is 3.44. The lowest BCUT2D eigenvalue weighted by molar-refractivity contribution is -0.138. The fraction of sp³-hybridized carbons (Fsp3) is 0.125. The minimum atomic E-state index is -4.67. The third-order valence-corrected chi connectivity index (χ3v) is 3.12. The average Bonchev–Trinajstić information content (AvgIpc) is 2.45. The van der Waals surface area contributed by atoms with Crippen LogP contribution < -0.4 is 0 Å². The summed E-state index contributed by atoms with van der Waals surface area (Å²) < 4.78 is 78.0. The molecule has 0 radical (unpaired) electrons. The molecular weight excluding hydrogens is 306 g/mol. The Bertz CT molecular complexity index is 635. The van der Waals surface area contributed by atoms with Gasteiger partial charge in [0.15, 0.2) is 0 Å². The highest BCUT2D eigenvalue weighted by atomic mass is 19.4. The van der Waals surface area contributed by atoms with Crippen molar-refractivity contribution >= 4 is 5.57 Å². The van der Waals surface area contributed by atoms with Crippen molar-refractivity contribution in [1.29, 1.82) is 0 Å². The molecule has 0 bridgehead atoms. The van der Waals surface area contributed by atoms with Crippen LogP contribution in [0.4, 0.5) is 26.3 Å². The number of hydrogen-bond donors (Lipinski definition) is 0. The van der Waals surface area contributed by atoms with E-state index in [-0.39, 0.29) is 16.7 Å². The second kappa shape index (κ2) is 5.51. The van der Waals surface area contributed by atoms with Crippen molar-refractivity contribution in [3.8, 4) is 0 Å². The van der Waals surface area contributed by atoms with E-state index >= 15 is 0 Å². The van der Waals surface area contributed by atoms with Crippen molar-refractivity contribution in [3.05, 3.63) is 77.4 Å². The quantitative estimate of drug-likeness (QED) is 0.616. The first kappa shape index (κ1) is 16.1. The standard InChI is InChI=1S/C16H10F6/c1-10(11-6-2-4-8-13(11)15(17,18)19)12-7-3-5-9-14(12)16(20,21)22/h2-9H,1H2. The Morgan fingerprint density at radius 1 is 0.636 bits per heavy atom. The second-order valence-corrected chi connectivity index (χ2v) is 4.57. The molecule has 2 aromatic carbocycles. The Kier molecular flexibility index (Phi) is 4.04. The van der Waals surface area contributed by atoms with Crippen LogP contribution in [-0.4, -0.2) is 0 Å². The van der Waals surface area contributed by atoms with Gasteiger partial charge in [-0.1, -0.05) is 43.0 Å². The molecule has 0 aliphatic rings. The van der Waals surface area contributed by atoms with Crippen molar-refractivity contribution in [1.82, 2.24) is 0 Å². The maximum atomic E-state index is 13.0. The zero-order chi connectivity index (χ0) is 16.5. The van der Waals surface area contributed by atoms with Crippen LogP contribution in [-0.2, 0) is 12.4 Å². The summed E-state index contributed by atoms with van der Waals surface area (Å²) in [5.74, 6) is 0. The van der Waals surface area contributed by atoms with Crippen molar-refractivity contribution < 1.29 is 26.3 Å². The van der Waals surface area contributed by atoms with Gasteiger partial charge in [-0.2, -0.15) is 26.3 Å². The molecule has 0 amide bonds. The van der Waals surface area contributed by atoms with Gasteiger partial charge in [0.2, 0.25) is 0 Å². The van der Waals surface area contributed by atoms with Crippen LogP contribution in [0.25, 0.3) is 5.57 Å². The van der Waals surface area contributed by atoms with Crippen LogP contribution in [0.1, 0.15) is 22.3 Å². The van der Waals surface area contributed by atoms with Gasteiger partial charge >= 0.3 is 12.4 Å². The maximum Gasteiger partial charge on any atom is 0.417 e. The summed E-state index contributed by atoms with van der Waals surface area (Å²) in [6.07, 6.45) is -9.35. The molecule has 2 rings (SSSR count). The molecule has 6 heteroatoms. The Balaban J connectivity index is 2.61. The molecule has 0 saturated carbocycles. The monoisotopic (exact) mass is 316 g/mol. The minimum absolute atomic E-state index is 0.319. The zero-order valence-corrected chi connectivity index (χ0v) is 11.1. The molecule has 22 heavy (non-hydrogen) atoms. The lowest BCUT2D eigenvalue weighted by atomic mass is 9.91. The molecule has 0 spiro atoms. The van der Waals surface area contributed by atoms with Crippen molar-refractivity contribution in [2.45, 2.75) is 12.4 Å². The van der Waals surface area contributed by atoms with Crippen LogP contribution in [0.2, 0.25) is 0 Å². The number of rotatable bonds is 2. The Hall–Kier alpha value is -2.24. The van der Waals surface area contributed by atoms with E-state index in [0.717, 1.165) is 24.3 Å². The SMILES string of the molecule is C=C(c1ccccc1C(F)(F)F)c1ccccc1C(F)(F)F. The molecule has 0 aliphatic carbocycles. The molecule has 0 nitrogen and oxygen atoms in total. The molecule has 0 fully saturated rings. The van der Waals surface area contributed by atoms with Crippen LogP contribution >= 0.6 is 0 Å². The molecule has 0 unspecified atom stereocenters. The maximum absolute atomic E-state index is 13.0. The highest BCUT2D eigenvalue weighted by Crippen LogP contribution is 2.40. The summed E-state index contributed by atoms with van der Waals surface area (Å²) in [7, 11) is 0. The number of alkyl halides is 6. The van der Waals surface area contributed by atoms with Gasteiger partial charge in [-0.3, -0.25) is 0 Å². The van der Waals surface area contributed by atoms with E-state index in [1.165, 1.54) is 24.3 Å². The molecule has 0 aromatic heterocycles. The van der Waals surface area contributed by atoms with E-state index < -0.39 is 23.5 Å². The first-order chi connectivity index (χ1) is 10.1. The largest absolute Gasteiger partial charge is 0.417 e. The first-order valence-corrected chi connectivity index (χ1v) is 6.14. The topological polar surface area (TPSA) is 0 Å². The normalized spacial score (nSPS) is 12.3. The minimum Gasteiger partial charge on any atom is -0.166 e. The third kappa shape index (κ3) is 3.16. The molecule has 0 saturated heterocycles. The lowest BCUT2D eigenvalue weighted by Gasteiger charge is -2.18. The number of halogens is 6. The van der Waals surface area contributed by atoms with Gasteiger partial charge in [0.1, 0.15) is 0 Å². The Morgan fingerprint density at radius 2 is 0.955 bits per heavy atom. The van der Waals surface area contributed by atoms with Gasteiger partial charge in [0, 0.05) is 0 Å². The highest BCUT2D eigenvalue weighted by Gasteiger charge is 2.36. The average molecular weight is 316 g/mol. The van der Waals surface area contributed by atoms with Crippen LogP contribution in [0.3, 0.4) is 0 Å². The molecule has 0 heterocycles. The van der Waals surface area contributed by atoms with E-state index in [2.05, 4.69) is 6.58 Å². The molecular formula is C16H10F6. The Morgan fingerprint density at radius 3 is 1.27 bits per heavy atom. The van der Waals surface area contributed by atoms with Gasteiger partial charge in [-0.05, 0) is 28.8 Å². The van der Waals surface area contributed by atoms with E-state index in [1.807, 2.05) is 0 Å². The summed E-state index contributed by atoms with van der Waals surface area (Å²) in [4.78, 5) is 0. The van der Waals surface area contributed by atoms with Crippen LogP contribution in [0, 0.1) is 0 Å². The van der Waals surface area contributed by atoms with Gasteiger partial charge in [0.25, 0.3) is 0 Å². The highest BCUT2D eigenvalue weighted by molar-refractivity contribution is 5.81. The van der Waals surface area contributed by atoms with Crippen LogP contribution in [0.5, 0.6) is 0 Å². The molecule has 0 aliphatic heterocycles. The number of hydrogen-bond acceptors (Lipinski definition) is 0. The zero-order valence-electron chi connectivity index (χ0n) is 11.1. The fourth-order valence-electron chi connectivity index (χ4n) is 2.13. The second-order valence-electron chi connectivity index (χ2n) is 4.57. The van der Waals surface area contributed by atoms with Crippen LogP contribution in [0.15, 0.2) is 55.1 Å². The molecule has 2 aromatic rings. The summed E-state index contributed by atoms with van der Waals surface area (Å²) in [6, 6.07) is 8.85. The van der Waals surface area contributed by atoms with E-state index in [9.17, 15) is 26.3 Å².